The second-order valence-corrected chi connectivity index (χ2v) is 7.32. The van der Waals surface area contributed by atoms with Crippen LogP contribution in [0.5, 0.6) is 5.75 Å². The molecular formula is C24H31N5O2. The molecule has 164 valence electrons. The summed E-state index contributed by atoms with van der Waals surface area (Å²) in [5, 5.41) is 15.8. The molecule has 0 bridgehead atoms. The minimum Gasteiger partial charge on any atom is -0.497 e. The Morgan fingerprint density at radius 1 is 1.13 bits per heavy atom. The Morgan fingerprint density at radius 3 is 2.45 bits per heavy atom. The molecule has 2 aromatic rings. The summed E-state index contributed by atoms with van der Waals surface area (Å²) in [6.07, 6.45) is 0. The lowest BCUT2D eigenvalue weighted by Gasteiger charge is -2.35. The fraction of sp³-hybridized carbons (Fsp3) is 0.417. The smallest absolute Gasteiger partial charge is 0.191 e. The molecule has 1 aliphatic rings. The van der Waals surface area contributed by atoms with Crippen LogP contribution in [-0.2, 0) is 11.3 Å². The average Bonchev–Trinajstić information content (AvgIpc) is 2.84. The molecule has 0 spiro atoms. The van der Waals surface area contributed by atoms with Gasteiger partial charge in [-0.1, -0.05) is 24.3 Å². The molecule has 2 N–H and O–H groups in total. The lowest BCUT2D eigenvalue weighted by atomic mass is 10.0. The van der Waals surface area contributed by atoms with Crippen molar-refractivity contribution in [3.8, 4) is 11.8 Å². The second-order valence-electron chi connectivity index (χ2n) is 7.32. The third kappa shape index (κ3) is 6.71. The van der Waals surface area contributed by atoms with Gasteiger partial charge in [-0.2, -0.15) is 5.26 Å². The summed E-state index contributed by atoms with van der Waals surface area (Å²) in [6, 6.07) is 18.1. The van der Waals surface area contributed by atoms with Crippen LogP contribution in [0.1, 0.15) is 29.7 Å². The minimum atomic E-state index is 0.202. The van der Waals surface area contributed by atoms with Crippen LogP contribution < -0.4 is 15.4 Å². The summed E-state index contributed by atoms with van der Waals surface area (Å²) < 4.78 is 10.9. The van der Waals surface area contributed by atoms with Gasteiger partial charge in [0, 0.05) is 26.2 Å². The van der Waals surface area contributed by atoms with E-state index in [0.29, 0.717) is 12.1 Å². The summed E-state index contributed by atoms with van der Waals surface area (Å²) >= 11 is 0. The van der Waals surface area contributed by atoms with Crippen molar-refractivity contribution in [1.82, 2.24) is 15.5 Å². The molecule has 3 rings (SSSR count). The Labute approximate surface area is 184 Å². The predicted molar refractivity (Wildman–Crippen MR) is 122 cm³/mol. The normalized spacial score (nSPS) is 15.7. The monoisotopic (exact) mass is 421 g/mol. The van der Waals surface area contributed by atoms with Crippen molar-refractivity contribution < 1.29 is 9.47 Å². The van der Waals surface area contributed by atoms with E-state index in [1.54, 1.807) is 7.11 Å². The number of ether oxygens (including phenoxy) is 2. The van der Waals surface area contributed by atoms with Crippen LogP contribution in [0.2, 0.25) is 0 Å². The molecule has 31 heavy (non-hydrogen) atoms. The van der Waals surface area contributed by atoms with Gasteiger partial charge < -0.3 is 20.1 Å². The first kappa shape index (κ1) is 22.6. The molecule has 7 nitrogen and oxygen atoms in total. The number of hydrogen-bond acceptors (Lipinski definition) is 5. The molecule has 1 saturated heterocycles. The predicted octanol–water partition coefficient (Wildman–Crippen LogP) is 2.70. The molecule has 7 heteroatoms. The number of aliphatic imine (C=N–C) groups is 1. The SMILES string of the molecule is CCNC(=NCc1ccc(C#N)cc1)NCC(c1ccc(OC)cc1)N1CCOCC1. The zero-order chi connectivity index (χ0) is 21.9. The number of methoxy groups -OCH3 is 1. The molecule has 1 heterocycles. The van der Waals surface area contributed by atoms with E-state index in [1.165, 1.54) is 5.56 Å². The Balaban J connectivity index is 1.70. The van der Waals surface area contributed by atoms with E-state index >= 15 is 0 Å². The lowest BCUT2D eigenvalue weighted by molar-refractivity contribution is 0.0170. The van der Waals surface area contributed by atoms with Gasteiger partial charge >= 0.3 is 0 Å². The van der Waals surface area contributed by atoms with Crippen molar-refractivity contribution in [3.05, 3.63) is 65.2 Å². The van der Waals surface area contributed by atoms with Crippen molar-refractivity contribution in [2.45, 2.75) is 19.5 Å². The Hall–Kier alpha value is -3.08. The van der Waals surface area contributed by atoms with Crippen LogP contribution in [0.4, 0.5) is 0 Å². The zero-order valence-corrected chi connectivity index (χ0v) is 18.3. The van der Waals surface area contributed by atoms with Crippen molar-refractivity contribution in [3.63, 3.8) is 0 Å². The Morgan fingerprint density at radius 2 is 1.84 bits per heavy atom. The number of hydrogen-bond donors (Lipinski definition) is 2. The molecule has 0 saturated carbocycles. The van der Waals surface area contributed by atoms with Crippen molar-refractivity contribution >= 4 is 5.96 Å². The van der Waals surface area contributed by atoms with Gasteiger partial charge in [0.1, 0.15) is 5.75 Å². The molecule has 1 atom stereocenters. The van der Waals surface area contributed by atoms with Gasteiger partial charge in [0.15, 0.2) is 5.96 Å². The number of benzene rings is 2. The molecule has 2 aromatic carbocycles. The summed E-state index contributed by atoms with van der Waals surface area (Å²) in [6.45, 7) is 7.41. The molecule has 0 radical (unpaired) electrons. The van der Waals surface area contributed by atoms with E-state index in [-0.39, 0.29) is 6.04 Å². The highest BCUT2D eigenvalue weighted by Crippen LogP contribution is 2.23. The van der Waals surface area contributed by atoms with Crippen molar-refractivity contribution in [1.29, 1.82) is 5.26 Å². The quantitative estimate of drug-likeness (QED) is 0.504. The number of morpholine rings is 1. The highest BCUT2D eigenvalue weighted by molar-refractivity contribution is 5.79. The van der Waals surface area contributed by atoms with Crippen molar-refractivity contribution in [2.75, 3.05) is 46.5 Å². The van der Waals surface area contributed by atoms with Gasteiger partial charge in [-0.15, -0.1) is 0 Å². The van der Waals surface area contributed by atoms with E-state index in [9.17, 15) is 0 Å². The first-order valence-electron chi connectivity index (χ1n) is 10.7. The highest BCUT2D eigenvalue weighted by atomic mass is 16.5. The third-order valence-electron chi connectivity index (χ3n) is 5.30. The molecule has 1 aliphatic heterocycles. The fourth-order valence-corrected chi connectivity index (χ4v) is 3.56. The molecule has 0 aliphatic carbocycles. The van der Waals surface area contributed by atoms with E-state index in [0.717, 1.165) is 56.7 Å². The fourth-order valence-electron chi connectivity index (χ4n) is 3.56. The third-order valence-corrected chi connectivity index (χ3v) is 5.30. The molecule has 0 amide bonds. The largest absolute Gasteiger partial charge is 0.497 e. The van der Waals surface area contributed by atoms with Crippen LogP contribution in [0, 0.1) is 11.3 Å². The summed E-state index contributed by atoms with van der Waals surface area (Å²) in [5.74, 6) is 1.63. The average molecular weight is 422 g/mol. The van der Waals surface area contributed by atoms with Crippen LogP contribution in [0.25, 0.3) is 0 Å². The van der Waals surface area contributed by atoms with Gasteiger partial charge in [-0.25, -0.2) is 4.99 Å². The van der Waals surface area contributed by atoms with Gasteiger partial charge in [-0.05, 0) is 42.3 Å². The number of nitriles is 1. The van der Waals surface area contributed by atoms with E-state index in [1.807, 2.05) is 36.4 Å². The van der Waals surface area contributed by atoms with Crippen LogP contribution in [0.3, 0.4) is 0 Å². The standard InChI is InChI=1S/C24H31N5O2/c1-3-26-24(27-17-20-6-4-19(16-25)5-7-20)28-18-23(29-12-14-31-15-13-29)21-8-10-22(30-2)11-9-21/h4-11,23H,3,12-15,17-18H2,1-2H3,(H2,26,27,28). The van der Waals surface area contributed by atoms with Crippen LogP contribution in [-0.4, -0.2) is 57.4 Å². The number of nitrogens with zero attached hydrogens (tertiary/aromatic N) is 3. The first-order valence-corrected chi connectivity index (χ1v) is 10.7. The molecule has 1 fully saturated rings. The summed E-state index contributed by atoms with van der Waals surface area (Å²) in [5.41, 5.74) is 2.96. The van der Waals surface area contributed by atoms with Crippen LogP contribution in [0.15, 0.2) is 53.5 Å². The minimum absolute atomic E-state index is 0.202. The summed E-state index contributed by atoms with van der Waals surface area (Å²) in [4.78, 5) is 7.17. The topological polar surface area (TPSA) is 81.9 Å². The van der Waals surface area contributed by atoms with Crippen LogP contribution >= 0.6 is 0 Å². The number of nitrogens with one attached hydrogen (secondary N) is 2. The van der Waals surface area contributed by atoms with E-state index in [2.05, 4.69) is 40.7 Å². The zero-order valence-electron chi connectivity index (χ0n) is 18.3. The van der Waals surface area contributed by atoms with Gasteiger partial charge in [0.2, 0.25) is 0 Å². The van der Waals surface area contributed by atoms with Gasteiger partial charge in [0.05, 0.1) is 44.5 Å². The molecule has 1 unspecified atom stereocenters. The summed E-state index contributed by atoms with van der Waals surface area (Å²) in [7, 11) is 1.68. The van der Waals surface area contributed by atoms with Gasteiger partial charge in [0.25, 0.3) is 0 Å². The highest BCUT2D eigenvalue weighted by Gasteiger charge is 2.23. The Kier molecular flexibility index (Phi) is 8.71. The maximum Gasteiger partial charge on any atom is 0.191 e. The number of guanidine groups is 1. The maximum absolute atomic E-state index is 8.95. The lowest BCUT2D eigenvalue weighted by Crippen LogP contribution is -2.46. The van der Waals surface area contributed by atoms with E-state index < -0.39 is 0 Å². The number of rotatable bonds is 8. The van der Waals surface area contributed by atoms with E-state index in [4.69, 9.17) is 19.7 Å². The maximum atomic E-state index is 8.95. The molecule has 0 aromatic heterocycles. The van der Waals surface area contributed by atoms with Crippen molar-refractivity contribution in [2.24, 2.45) is 4.99 Å². The molecular weight excluding hydrogens is 390 g/mol. The second kappa shape index (κ2) is 11.9. The Bertz CT molecular complexity index is 868. The van der Waals surface area contributed by atoms with Gasteiger partial charge in [-0.3, -0.25) is 4.90 Å². The first-order chi connectivity index (χ1) is 15.2.